The third kappa shape index (κ3) is 2.65. The maximum absolute atomic E-state index is 5.53. The minimum Gasteiger partial charge on any atom is -0.330 e. The van der Waals surface area contributed by atoms with Crippen LogP contribution in [0.3, 0.4) is 0 Å². The Labute approximate surface area is 102 Å². The molecule has 0 saturated heterocycles. The fourth-order valence-corrected chi connectivity index (χ4v) is 2.04. The zero-order valence-corrected chi connectivity index (χ0v) is 10.5. The first-order chi connectivity index (χ1) is 8.22. The summed E-state index contributed by atoms with van der Waals surface area (Å²) < 4.78 is 1.93. The van der Waals surface area contributed by atoms with Gasteiger partial charge in [-0.2, -0.15) is 5.10 Å². The molecular weight excluding hydrogens is 212 g/mol. The lowest BCUT2D eigenvalue weighted by Crippen LogP contribution is -2.28. The molecule has 1 aromatic heterocycles. The summed E-state index contributed by atoms with van der Waals surface area (Å²) in [6, 6.07) is 8.73. The van der Waals surface area contributed by atoms with Crippen LogP contribution in [-0.4, -0.2) is 22.4 Å². The van der Waals surface area contributed by atoms with Crippen LogP contribution >= 0.6 is 0 Å². The van der Waals surface area contributed by atoms with Gasteiger partial charge in [0, 0.05) is 25.0 Å². The van der Waals surface area contributed by atoms with Crippen LogP contribution in [0.5, 0.6) is 0 Å². The Kier molecular flexibility index (Phi) is 3.76. The molecule has 0 saturated carbocycles. The minimum absolute atomic E-state index is 0.431. The molecule has 1 aromatic carbocycles. The first kappa shape index (κ1) is 12.1. The summed E-state index contributed by atoms with van der Waals surface area (Å²) in [6.07, 6.45) is 0.991. The number of aryl methyl sites for hydroxylation is 1. The number of benzene rings is 1. The zero-order valence-electron chi connectivity index (χ0n) is 10.5. The van der Waals surface area contributed by atoms with E-state index in [9.17, 15) is 0 Å². The Morgan fingerprint density at radius 3 is 2.94 bits per heavy atom. The highest BCUT2D eigenvalue weighted by Crippen LogP contribution is 2.17. The molecule has 92 valence electrons. The van der Waals surface area contributed by atoms with Crippen molar-refractivity contribution in [1.82, 2.24) is 15.1 Å². The number of nitrogens with zero attached hydrogens (tertiary/aromatic N) is 2. The molecule has 1 atom stereocenters. The Morgan fingerprint density at radius 2 is 2.18 bits per heavy atom. The van der Waals surface area contributed by atoms with Crippen LogP contribution in [0.15, 0.2) is 24.3 Å². The number of aromatic nitrogens is 2. The molecule has 2 aromatic rings. The largest absolute Gasteiger partial charge is 0.330 e. The van der Waals surface area contributed by atoms with Gasteiger partial charge in [-0.15, -0.1) is 0 Å². The molecule has 2 rings (SSSR count). The summed E-state index contributed by atoms with van der Waals surface area (Å²) in [4.78, 5) is 0. The fraction of sp³-hybridized carbons (Fsp3) is 0.462. The van der Waals surface area contributed by atoms with Gasteiger partial charge in [0.05, 0.1) is 11.2 Å². The number of para-hydroxylation sites is 1. The van der Waals surface area contributed by atoms with E-state index in [1.165, 1.54) is 10.9 Å². The Morgan fingerprint density at radius 1 is 1.41 bits per heavy atom. The molecule has 0 amide bonds. The fourth-order valence-electron chi connectivity index (χ4n) is 2.04. The molecule has 0 aliphatic rings. The molecular formula is C13H20N4. The van der Waals surface area contributed by atoms with Crippen LogP contribution in [0.25, 0.3) is 10.9 Å². The van der Waals surface area contributed by atoms with Crippen molar-refractivity contribution in [3.8, 4) is 0 Å². The van der Waals surface area contributed by atoms with E-state index in [2.05, 4.69) is 35.5 Å². The van der Waals surface area contributed by atoms with Crippen LogP contribution in [0.1, 0.15) is 19.0 Å². The highest BCUT2D eigenvalue weighted by Gasteiger charge is 2.08. The van der Waals surface area contributed by atoms with Gasteiger partial charge >= 0.3 is 0 Å². The predicted molar refractivity (Wildman–Crippen MR) is 70.7 cm³/mol. The quantitative estimate of drug-likeness (QED) is 0.819. The van der Waals surface area contributed by atoms with Gasteiger partial charge in [0.25, 0.3) is 0 Å². The summed E-state index contributed by atoms with van der Waals surface area (Å²) in [5.74, 6) is 0. The lowest BCUT2D eigenvalue weighted by atomic mass is 10.2. The number of rotatable bonds is 5. The van der Waals surface area contributed by atoms with Crippen molar-refractivity contribution in [2.45, 2.75) is 25.9 Å². The topological polar surface area (TPSA) is 55.9 Å². The standard InChI is InChI=1S/C13H20N4/c1-10(7-8-14)15-9-12-11-5-3-4-6-13(11)17(2)16-12/h3-6,10,15H,7-9,14H2,1-2H3. The maximum Gasteiger partial charge on any atom is 0.0841 e. The second kappa shape index (κ2) is 5.29. The molecule has 0 aliphatic heterocycles. The number of nitrogens with two attached hydrogens (primary N) is 1. The number of nitrogens with one attached hydrogen (secondary N) is 1. The van der Waals surface area contributed by atoms with Gasteiger partial charge in [-0.1, -0.05) is 18.2 Å². The molecule has 1 heterocycles. The number of hydrogen-bond donors (Lipinski definition) is 2. The highest BCUT2D eigenvalue weighted by atomic mass is 15.3. The van der Waals surface area contributed by atoms with Crippen LogP contribution < -0.4 is 11.1 Å². The minimum atomic E-state index is 0.431. The molecule has 1 unspecified atom stereocenters. The van der Waals surface area contributed by atoms with Crippen LogP contribution in [0.4, 0.5) is 0 Å². The van der Waals surface area contributed by atoms with E-state index in [0.29, 0.717) is 6.04 Å². The normalized spacial score (nSPS) is 13.1. The second-order valence-electron chi connectivity index (χ2n) is 4.45. The molecule has 0 spiro atoms. The van der Waals surface area contributed by atoms with Gasteiger partial charge in [-0.25, -0.2) is 0 Å². The van der Waals surface area contributed by atoms with Gasteiger partial charge in [-0.3, -0.25) is 4.68 Å². The summed E-state index contributed by atoms with van der Waals surface area (Å²) in [6.45, 7) is 3.66. The van der Waals surface area contributed by atoms with Gasteiger partial charge in [0.2, 0.25) is 0 Å². The van der Waals surface area contributed by atoms with Crippen molar-refractivity contribution >= 4 is 10.9 Å². The summed E-state index contributed by atoms with van der Waals surface area (Å²) >= 11 is 0. The average Bonchev–Trinajstić information content (AvgIpc) is 2.65. The Bertz CT molecular complexity index is 489. The molecule has 4 nitrogen and oxygen atoms in total. The van der Waals surface area contributed by atoms with E-state index in [1.807, 2.05) is 17.8 Å². The molecule has 0 radical (unpaired) electrons. The smallest absolute Gasteiger partial charge is 0.0841 e. The Balaban J connectivity index is 2.13. The van der Waals surface area contributed by atoms with E-state index in [4.69, 9.17) is 5.73 Å². The third-order valence-corrected chi connectivity index (χ3v) is 3.05. The van der Waals surface area contributed by atoms with Crippen molar-refractivity contribution in [3.63, 3.8) is 0 Å². The van der Waals surface area contributed by atoms with Crippen LogP contribution in [0.2, 0.25) is 0 Å². The number of fused-ring (bicyclic) bond motifs is 1. The maximum atomic E-state index is 5.53. The first-order valence-electron chi connectivity index (χ1n) is 6.06. The lowest BCUT2D eigenvalue weighted by Gasteiger charge is -2.11. The van der Waals surface area contributed by atoms with Crippen molar-refractivity contribution in [3.05, 3.63) is 30.0 Å². The van der Waals surface area contributed by atoms with Crippen LogP contribution in [0, 0.1) is 0 Å². The van der Waals surface area contributed by atoms with Crippen LogP contribution in [-0.2, 0) is 13.6 Å². The number of hydrogen-bond acceptors (Lipinski definition) is 3. The molecule has 0 aliphatic carbocycles. The highest BCUT2D eigenvalue weighted by molar-refractivity contribution is 5.81. The van der Waals surface area contributed by atoms with Gasteiger partial charge < -0.3 is 11.1 Å². The summed E-state index contributed by atoms with van der Waals surface area (Å²) in [5, 5.41) is 9.22. The zero-order chi connectivity index (χ0) is 12.3. The molecule has 3 N–H and O–H groups in total. The first-order valence-corrected chi connectivity index (χ1v) is 6.06. The SMILES string of the molecule is CC(CCN)NCc1nn(C)c2ccccc12. The Hall–Kier alpha value is -1.39. The summed E-state index contributed by atoms with van der Waals surface area (Å²) in [7, 11) is 1.98. The third-order valence-electron chi connectivity index (χ3n) is 3.05. The van der Waals surface area contributed by atoms with Crippen molar-refractivity contribution < 1.29 is 0 Å². The van der Waals surface area contributed by atoms with Crippen molar-refractivity contribution in [1.29, 1.82) is 0 Å². The van der Waals surface area contributed by atoms with Crippen molar-refractivity contribution in [2.24, 2.45) is 12.8 Å². The average molecular weight is 232 g/mol. The molecule has 4 heteroatoms. The van der Waals surface area contributed by atoms with Gasteiger partial charge in [0.1, 0.15) is 0 Å². The predicted octanol–water partition coefficient (Wildman–Crippen LogP) is 1.40. The van der Waals surface area contributed by atoms with Gasteiger partial charge in [0.15, 0.2) is 0 Å². The van der Waals surface area contributed by atoms with E-state index in [-0.39, 0.29) is 0 Å². The molecule has 17 heavy (non-hydrogen) atoms. The molecule has 0 bridgehead atoms. The summed E-state index contributed by atoms with van der Waals surface area (Å²) in [5.41, 5.74) is 7.81. The van der Waals surface area contributed by atoms with E-state index >= 15 is 0 Å². The van der Waals surface area contributed by atoms with Crippen molar-refractivity contribution in [2.75, 3.05) is 6.54 Å². The van der Waals surface area contributed by atoms with E-state index < -0.39 is 0 Å². The molecule has 0 fully saturated rings. The monoisotopic (exact) mass is 232 g/mol. The van der Waals surface area contributed by atoms with Gasteiger partial charge in [-0.05, 0) is 26.0 Å². The van der Waals surface area contributed by atoms with E-state index in [0.717, 1.165) is 25.2 Å². The van der Waals surface area contributed by atoms with E-state index in [1.54, 1.807) is 0 Å². The second-order valence-corrected chi connectivity index (χ2v) is 4.45. The lowest BCUT2D eigenvalue weighted by molar-refractivity contribution is 0.513.